The highest BCUT2D eigenvalue weighted by Crippen LogP contribution is 2.33. The number of nitro groups is 1. The van der Waals surface area contributed by atoms with Crippen molar-refractivity contribution < 1.29 is 9.72 Å². The molecular formula is C25H26Cl2N8O3. The number of nitrogens with two attached hydrogens (primary N) is 1. The van der Waals surface area contributed by atoms with Crippen molar-refractivity contribution in [1.29, 1.82) is 0 Å². The number of nitrogen functional groups attached to an aromatic ring is 1. The van der Waals surface area contributed by atoms with Crippen molar-refractivity contribution in [2.75, 3.05) is 24.1 Å². The van der Waals surface area contributed by atoms with Crippen molar-refractivity contribution in [3.05, 3.63) is 87.2 Å². The summed E-state index contributed by atoms with van der Waals surface area (Å²) >= 11 is 12.5. The molecule has 198 valence electrons. The molecule has 1 amide bonds. The zero-order chi connectivity index (χ0) is 27.1. The molecule has 0 fully saturated rings. The van der Waals surface area contributed by atoms with Gasteiger partial charge >= 0.3 is 5.69 Å². The van der Waals surface area contributed by atoms with Crippen LogP contribution >= 0.6 is 23.2 Å². The van der Waals surface area contributed by atoms with Crippen LogP contribution in [0.5, 0.6) is 0 Å². The van der Waals surface area contributed by atoms with Gasteiger partial charge in [-0.05, 0) is 31.0 Å². The molecule has 3 heterocycles. The van der Waals surface area contributed by atoms with Gasteiger partial charge in [0.25, 0.3) is 5.91 Å². The summed E-state index contributed by atoms with van der Waals surface area (Å²) in [4.78, 5) is 31.5. The molecule has 0 aliphatic carbocycles. The summed E-state index contributed by atoms with van der Waals surface area (Å²) in [6.07, 6.45) is 10.5. The molecule has 13 heteroatoms. The molecule has 0 aliphatic rings. The minimum atomic E-state index is -0.573. The molecule has 11 nitrogen and oxygen atoms in total. The van der Waals surface area contributed by atoms with Crippen LogP contribution in [0.3, 0.4) is 0 Å². The summed E-state index contributed by atoms with van der Waals surface area (Å²) in [5.41, 5.74) is 7.34. The normalized spacial score (nSPS) is 10.9. The van der Waals surface area contributed by atoms with E-state index in [4.69, 9.17) is 28.9 Å². The van der Waals surface area contributed by atoms with Gasteiger partial charge in [-0.3, -0.25) is 14.9 Å². The summed E-state index contributed by atoms with van der Waals surface area (Å²) in [5, 5.41) is 18.0. The number of imidazole rings is 1. The number of rotatable bonds is 12. The Labute approximate surface area is 228 Å². The molecular weight excluding hydrogens is 531 g/mol. The fourth-order valence-electron chi connectivity index (χ4n) is 3.92. The van der Waals surface area contributed by atoms with E-state index in [1.165, 1.54) is 12.1 Å². The van der Waals surface area contributed by atoms with Gasteiger partial charge in [-0.15, -0.1) is 0 Å². The number of carbonyl (C=O) groups excluding carboxylic acids is 1. The van der Waals surface area contributed by atoms with Crippen molar-refractivity contribution in [3.63, 3.8) is 0 Å². The molecule has 0 aliphatic heterocycles. The molecule has 0 atom stereocenters. The molecule has 0 bridgehead atoms. The first-order valence-corrected chi connectivity index (χ1v) is 12.6. The number of pyridine rings is 1. The Morgan fingerprint density at radius 1 is 1.05 bits per heavy atom. The maximum absolute atomic E-state index is 13.1. The Hall–Kier alpha value is -4.09. The predicted octanol–water partition coefficient (Wildman–Crippen LogP) is 4.87. The van der Waals surface area contributed by atoms with E-state index in [2.05, 4.69) is 20.6 Å². The molecule has 0 radical (unpaired) electrons. The van der Waals surface area contributed by atoms with Crippen LogP contribution in [0.4, 0.5) is 17.3 Å². The van der Waals surface area contributed by atoms with E-state index in [1.807, 2.05) is 21.5 Å². The molecule has 38 heavy (non-hydrogen) atoms. The van der Waals surface area contributed by atoms with Crippen LogP contribution in [0.15, 0.2) is 61.4 Å². The third kappa shape index (κ3) is 6.81. The first kappa shape index (κ1) is 27.0. The highest BCUT2D eigenvalue weighted by atomic mass is 35.5. The Bertz CT molecular complexity index is 1420. The van der Waals surface area contributed by atoms with Gasteiger partial charge in [0, 0.05) is 78.2 Å². The SMILES string of the molecule is Nc1nc(NCCCn2cc(C(=O)NCCCn3ccnc3)c(-c3ccc(Cl)cc3Cl)c2)ccc1[N+](=O)[O-]. The van der Waals surface area contributed by atoms with E-state index in [9.17, 15) is 14.9 Å². The molecule has 0 unspecified atom stereocenters. The zero-order valence-corrected chi connectivity index (χ0v) is 21.8. The molecule has 3 aromatic heterocycles. The van der Waals surface area contributed by atoms with Crippen molar-refractivity contribution in [2.45, 2.75) is 25.9 Å². The Balaban J connectivity index is 1.41. The van der Waals surface area contributed by atoms with E-state index in [0.29, 0.717) is 58.6 Å². The second kappa shape index (κ2) is 12.4. The minimum Gasteiger partial charge on any atom is -0.378 e. The van der Waals surface area contributed by atoms with Crippen LogP contribution < -0.4 is 16.4 Å². The molecule has 4 rings (SSSR count). The van der Waals surface area contributed by atoms with E-state index >= 15 is 0 Å². The zero-order valence-electron chi connectivity index (χ0n) is 20.3. The number of halogens is 2. The molecule has 0 saturated carbocycles. The third-order valence-electron chi connectivity index (χ3n) is 5.78. The maximum atomic E-state index is 13.1. The number of aryl methyl sites for hydroxylation is 2. The van der Waals surface area contributed by atoms with Gasteiger partial charge in [-0.1, -0.05) is 29.3 Å². The van der Waals surface area contributed by atoms with Crippen molar-refractivity contribution in [2.24, 2.45) is 0 Å². The number of benzene rings is 1. The number of hydrogen-bond acceptors (Lipinski definition) is 7. The number of nitrogens with one attached hydrogen (secondary N) is 2. The summed E-state index contributed by atoms with van der Waals surface area (Å²) in [6.45, 7) is 2.39. The van der Waals surface area contributed by atoms with Gasteiger partial charge in [0.1, 0.15) is 5.82 Å². The number of amides is 1. The Morgan fingerprint density at radius 2 is 1.84 bits per heavy atom. The fraction of sp³-hybridized carbons (Fsp3) is 0.240. The third-order valence-corrected chi connectivity index (χ3v) is 6.33. The monoisotopic (exact) mass is 556 g/mol. The first-order chi connectivity index (χ1) is 18.3. The van der Waals surface area contributed by atoms with Gasteiger partial charge in [-0.25, -0.2) is 9.97 Å². The van der Waals surface area contributed by atoms with E-state index in [0.717, 1.165) is 13.0 Å². The average Bonchev–Trinajstić information content (AvgIpc) is 3.54. The lowest BCUT2D eigenvalue weighted by Gasteiger charge is -2.08. The largest absolute Gasteiger partial charge is 0.378 e. The lowest BCUT2D eigenvalue weighted by molar-refractivity contribution is -0.384. The molecule has 1 aromatic carbocycles. The van der Waals surface area contributed by atoms with Crippen LogP contribution in [-0.4, -0.2) is 43.0 Å². The van der Waals surface area contributed by atoms with Crippen LogP contribution in [0.25, 0.3) is 11.1 Å². The number of anilines is 2. The fourth-order valence-corrected chi connectivity index (χ4v) is 4.43. The molecule has 4 aromatic rings. The molecule has 0 spiro atoms. The summed E-state index contributed by atoms with van der Waals surface area (Å²) < 4.78 is 3.89. The van der Waals surface area contributed by atoms with Gasteiger partial charge in [0.15, 0.2) is 0 Å². The quantitative estimate of drug-likeness (QED) is 0.128. The van der Waals surface area contributed by atoms with Crippen LogP contribution in [0, 0.1) is 10.1 Å². The van der Waals surface area contributed by atoms with E-state index < -0.39 is 4.92 Å². The van der Waals surface area contributed by atoms with Crippen molar-refractivity contribution in [3.8, 4) is 11.1 Å². The highest BCUT2D eigenvalue weighted by molar-refractivity contribution is 6.36. The van der Waals surface area contributed by atoms with Gasteiger partial charge < -0.3 is 25.5 Å². The van der Waals surface area contributed by atoms with Gasteiger partial charge in [0.2, 0.25) is 5.82 Å². The maximum Gasteiger partial charge on any atom is 0.311 e. The Kier molecular flexibility index (Phi) is 8.82. The van der Waals surface area contributed by atoms with Crippen LogP contribution in [-0.2, 0) is 13.1 Å². The first-order valence-electron chi connectivity index (χ1n) is 11.9. The number of carbonyl (C=O) groups is 1. The molecule has 4 N–H and O–H groups in total. The van der Waals surface area contributed by atoms with Gasteiger partial charge in [0.05, 0.1) is 16.8 Å². The predicted molar refractivity (Wildman–Crippen MR) is 147 cm³/mol. The van der Waals surface area contributed by atoms with Crippen LogP contribution in [0.2, 0.25) is 10.0 Å². The topological polar surface area (TPSA) is 146 Å². The highest BCUT2D eigenvalue weighted by Gasteiger charge is 2.18. The second-order valence-corrected chi connectivity index (χ2v) is 9.34. The summed E-state index contributed by atoms with van der Waals surface area (Å²) in [6, 6.07) is 8.01. The second-order valence-electron chi connectivity index (χ2n) is 8.50. The van der Waals surface area contributed by atoms with Gasteiger partial charge in [-0.2, -0.15) is 0 Å². The van der Waals surface area contributed by atoms with E-state index in [-0.39, 0.29) is 17.4 Å². The Morgan fingerprint density at radius 3 is 2.55 bits per heavy atom. The minimum absolute atomic E-state index is 0.143. The van der Waals surface area contributed by atoms with Crippen molar-refractivity contribution >= 4 is 46.4 Å². The number of nitrogens with zero attached hydrogens (tertiary/aromatic N) is 5. The standard InChI is InChI=1S/C25H26Cl2N8O3/c26-17-3-4-18(21(27)13-17)19-14-34(11-1-7-30-23-6-5-22(35(37)38)24(28)32-23)15-20(19)25(36)31-8-2-10-33-12-9-29-16-33/h3-6,9,12-16H,1-2,7-8,10-11H2,(H,31,36)(H3,28,30,32). The van der Waals surface area contributed by atoms with E-state index in [1.54, 1.807) is 36.9 Å². The lowest BCUT2D eigenvalue weighted by Crippen LogP contribution is -2.25. The summed E-state index contributed by atoms with van der Waals surface area (Å²) in [7, 11) is 0. The summed E-state index contributed by atoms with van der Waals surface area (Å²) in [5.74, 6) is 0.111. The van der Waals surface area contributed by atoms with Crippen LogP contribution in [0.1, 0.15) is 23.2 Å². The average molecular weight is 557 g/mol. The number of hydrogen-bond donors (Lipinski definition) is 3. The smallest absolute Gasteiger partial charge is 0.311 e. The lowest BCUT2D eigenvalue weighted by atomic mass is 10.0. The molecule has 0 saturated heterocycles. The number of aromatic nitrogens is 4. The van der Waals surface area contributed by atoms with Crippen molar-refractivity contribution in [1.82, 2.24) is 24.4 Å².